The summed E-state index contributed by atoms with van der Waals surface area (Å²) < 4.78 is 5.91. The van der Waals surface area contributed by atoms with Gasteiger partial charge in [0.1, 0.15) is 11.5 Å². The van der Waals surface area contributed by atoms with Gasteiger partial charge in [-0.15, -0.1) is 11.8 Å². The van der Waals surface area contributed by atoms with Crippen LogP contribution in [0.4, 0.5) is 0 Å². The van der Waals surface area contributed by atoms with E-state index in [2.05, 4.69) is 30.4 Å². The first kappa shape index (κ1) is 8.05. The summed E-state index contributed by atoms with van der Waals surface area (Å²) in [5.41, 5.74) is 2.82. The van der Waals surface area contributed by atoms with Crippen molar-refractivity contribution in [3.05, 3.63) is 53.3 Å². The average Bonchev–Trinajstić information content (AvgIpc) is 3.06. The first-order valence-electron chi connectivity index (χ1n) is 5.24. The van der Waals surface area contributed by atoms with Gasteiger partial charge in [0, 0.05) is 16.9 Å². The molecule has 0 amide bonds. The fourth-order valence-electron chi connectivity index (χ4n) is 2.34. The Bertz CT molecular complexity index is 501. The van der Waals surface area contributed by atoms with E-state index >= 15 is 0 Å². The van der Waals surface area contributed by atoms with Crippen LogP contribution in [-0.4, -0.2) is 10.5 Å². The molecule has 15 heavy (non-hydrogen) atoms. The van der Waals surface area contributed by atoms with Gasteiger partial charge >= 0.3 is 0 Å². The summed E-state index contributed by atoms with van der Waals surface area (Å²) in [5, 5.41) is 1.44. The van der Waals surface area contributed by atoms with Gasteiger partial charge in [0.2, 0.25) is 0 Å². The Labute approximate surface area is 92.8 Å². The Kier molecular flexibility index (Phi) is 1.45. The first-order valence-corrected chi connectivity index (χ1v) is 6.18. The quantitative estimate of drug-likeness (QED) is 0.614. The highest BCUT2D eigenvalue weighted by Crippen LogP contribution is 2.52. The molecule has 4 rings (SSSR count). The van der Waals surface area contributed by atoms with E-state index in [1.54, 1.807) is 0 Å². The lowest BCUT2D eigenvalue weighted by Gasteiger charge is -2.23. The summed E-state index contributed by atoms with van der Waals surface area (Å²) >= 11 is 2.03. The SMILES string of the molecule is C1=CC2SC2C2=C1Oc1ccccc1C2. The van der Waals surface area contributed by atoms with Gasteiger partial charge in [0.05, 0.1) is 0 Å². The van der Waals surface area contributed by atoms with Crippen molar-refractivity contribution in [2.75, 3.05) is 0 Å². The van der Waals surface area contributed by atoms with Crippen LogP contribution in [-0.2, 0) is 6.42 Å². The molecule has 0 radical (unpaired) electrons. The maximum Gasteiger partial charge on any atom is 0.130 e. The summed E-state index contributed by atoms with van der Waals surface area (Å²) in [4.78, 5) is 0. The van der Waals surface area contributed by atoms with Gasteiger partial charge in [-0.05, 0) is 23.3 Å². The molecule has 1 nitrogen and oxygen atoms in total. The molecule has 0 aromatic heterocycles. The number of hydrogen-bond donors (Lipinski definition) is 0. The lowest BCUT2D eigenvalue weighted by Crippen LogP contribution is -2.16. The van der Waals surface area contributed by atoms with Crippen LogP contribution in [0.3, 0.4) is 0 Å². The first-order chi connectivity index (χ1) is 7.42. The number of allylic oxidation sites excluding steroid dienone is 1. The topological polar surface area (TPSA) is 9.23 Å². The lowest BCUT2D eigenvalue weighted by molar-refractivity contribution is 0.416. The van der Waals surface area contributed by atoms with Crippen LogP contribution in [0.25, 0.3) is 0 Å². The number of benzene rings is 1. The number of fused-ring (bicyclic) bond motifs is 3. The molecule has 1 fully saturated rings. The summed E-state index contributed by atoms with van der Waals surface area (Å²) in [6.07, 6.45) is 5.48. The van der Waals surface area contributed by atoms with Crippen molar-refractivity contribution in [1.29, 1.82) is 0 Å². The van der Waals surface area contributed by atoms with Crippen LogP contribution in [0, 0.1) is 0 Å². The van der Waals surface area contributed by atoms with E-state index in [1.807, 2.05) is 17.8 Å². The van der Waals surface area contributed by atoms with Crippen molar-refractivity contribution in [2.45, 2.75) is 16.9 Å². The second-order valence-electron chi connectivity index (χ2n) is 4.16. The van der Waals surface area contributed by atoms with Crippen LogP contribution in [0.1, 0.15) is 5.56 Å². The highest BCUT2D eigenvalue weighted by atomic mass is 32.2. The molecule has 2 heterocycles. The van der Waals surface area contributed by atoms with Crippen molar-refractivity contribution >= 4 is 11.8 Å². The second-order valence-corrected chi connectivity index (χ2v) is 5.48. The molecule has 1 aromatic rings. The number of ether oxygens (including phenoxy) is 1. The van der Waals surface area contributed by atoms with E-state index in [9.17, 15) is 0 Å². The zero-order valence-electron chi connectivity index (χ0n) is 8.14. The van der Waals surface area contributed by atoms with Gasteiger partial charge in [0.25, 0.3) is 0 Å². The summed E-state index contributed by atoms with van der Waals surface area (Å²) in [6.45, 7) is 0. The Morgan fingerprint density at radius 1 is 1.27 bits per heavy atom. The van der Waals surface area contributed by atoms with E-state index < -0.39 is 0 Å². The normalized spacial score (nSPS) is 30.1. The summed E-state index contributed by atoms with van der Waals surface area (Å²) in [5.74, 6) is 2.13. The Balaban J connectivity index is 1.82. The highest BCUT2D eigenvalue weighted by molar-refractivity contribution is 8.08. The zero-order chi connectivity index (χ0) is 9.83. The average molecular weight is 214 g/mol. The molecule has 2 heteroatoms. The predicted octanol–water partition coefficient (Wildman–Crippen LogP) is 2.93. The van der Waals surface area contributed by atoms with Crippen molar-refractivity contribution in [1.82, 2.24) is 0 Å². The van der Waals surface area contributed by atoms with Crippen LogP contribution >= 0.6 is 11.8 Å². The van der Waals surface area contributed by atoms with Crippen molar-refractivity contribution in [2.24, 2.45) is 0 Å². The van der Waals surface area contributed by atoms with Gasteiger partial charge in [-0.1, -0.05) is 24.3 Å². The number of thioether (sulfide) groups is 1. The molecular formula is C13H10OS. The highest BCUT2D eigenvalue weighted by Gasteiger charge is 2.44. The largest absolute Gasteiger partial charge is 0.457 e. The Morgan fingerprint density at radius 2 is 2.20 bits per heavy atom. The van der Waals surface area contributed by atoms with Crippen LogP contribution in [0.5, 0.6) is 5.75 Å². The molecule has 0 N–H and O–H groups in total. The summed E-state index contributed by atoms with van der Waals surface area (Å²) in [6, 6.07) is 8.34. The van der Waals surface area contributed by atoms with Gasteiger partial charge in [-0.25, -0.2) is 0 Å². The van der Waals surface area contributed by atoms with E-state index in [4.69, 9.17) is 4.74 Å². The standard InChI is InChI=1S/C13H10OS/c1-2-4-10-8(3-1)7-9-11(14-10)5-6-12-13(9)15-12/h1-6,12-13H,7H2. The van der Waals surface area contributed by atoms with Crippen LogP contribution < -0.4 is 4.74 Å². The second kappa shape index (κ2) is 2.70. The lowest BCUT2D eigenvalue weighted by atomic mass is 9.94. The fourth-order valence-corrected chi connectivity index (χ4v) is 3.38. The molecule has 2 unspecified atom stereocenters. The van der Waals surface area contributed by atoms with Crippen LogP contribution in [0.15, 0.2) is 47.7 Å². The maximum absolute atomic E-state index is 5.91. The van der Waals surface area contributed by atoms with E-state index in [-0.39, 0.29) is 0 Å². The molecule has 1 aromatic carbocycles. The number of rotatable bonds is 0. The van der Waals surface area contributed by atoms with E-state index in [0.717, 1.165) is 23.2 Å². The monoisotopic (exact) mass is 214 g/mol. The smallest absolute Gasteiger partial charge is 0.130 e. The molecule has 0 spiro atoms. The maximum atomic E-state index is 5.91. The third-order valence-corrected chi connectivity index (χ3v) is 4.50. The van der Waals surface area contributed by atoms with Crippen molar-refractivity contribution in [3.63, 3.8) is 0 Å². The molecule has 1 aliphatic carbocycles. The zero-order valence-corrected chi connectivity index (χ0v) is 8.96. The summed E-state index contributed by atoms with van der Waals surface area (Å²) in [7, 11) is 0. The molecule has 2 atom stereocenters. The molecular weight excluding hydrogens is 204 g/mol. The Morgan fingerprint density at radius 3 is 3.20 bits per heavy atom. The number of para-hydroxylation sites is 1. The third-order valence-electron chi connectivity index (χ3n) is 3.20. The van der Waals surface area contributed by atoms with Gasteiger partial charge in [0.15, 0.2) is 0 Å². The third kappa shape index (κ3) is 1.11. The number of hydrogen-bond acceptors (Lipinski definition) is 2. The minimum absolute atomic E-state index is 0.707. The minimum Gasteiger partial charge on any atom is -0.457 e. The van der Waals surface area contributed by atoms with Gasteiger partial charge < -0.3 is 4.74 Å². The fraction of sp³-hybridized carbons (Fsp3) is 0.231. The molecule has 74 valence electrons. The molecule has 2 aliphatic heterocycles. The van der Waals surface area contributed by atoms with E-state index in [1.165, 1.54) is 11.1 Å². The predicted molar refractivity (Wildman–Crippen MR) is 62.1 cm³/mol. The van der Waals surface area contributed by atoms with Crippen LogP contribution in [0.2, 0.25) is 0 Å². The molecule has 3 aliphatic rings. The van der Waals surface area contributed by atoms with Crippen molar-refractivity contribution < 1.29 is 4.74 Å². The van der Waals surface area contributed by atoms with E-state index in [0.29, 0.717) is 5.25 Å². The van der Waals surface area contributed by atoms with Gasteiger partial charge in [-0.3, -0.25) is 0 Å². The van der Waals surface area contributed by atoms with Gasteiger partial charge in [-0.2, -0.15) is 0 Å². The van der Waals surface area contributed by atoms with Crippen molar-refractivity contribution in [3.8, 4) is 5.75 Å². The Hall–Kier alpha value is -1.15. The molecule has 1 saturated heterocycles. The molecule has 0 bridgehead atoms. The molecule has 0 saturated carbocycles. The minimum atomic E-state index is 0.707.